The van der Waals surface area contributed by atoms with Gasteiger partial charge in [0.05, 0.1) is 12.7 Å². The van der Waals surface area contributed by atoms with Crippen LogP contribution < -0.4 is 5.32 Å². The Balaban J connectivity index is 1.83. The molecule has 0 saturated carbocycles. The Hall–Kier alpha value is -1.89. The molecule has 0 unspecified atom stereocenters. The molecule has 0 heterocycles. The molecule has 0 fully saturated rings. The van der Waals surface area contributed by atoms with Gasteiger partial charge in [-0.3, -0.25) is 4.79 Å². The summed E-state index contributed by atoms with van der Waals surface area (Å²) in [4.78, 5) is 12.0. The van der Waals surface area contributed by atoms with Gasteiger partial charge in [-0.05, 0) is 29.7 Å². The van der Waals surface area contributed by atoms with E-state index in [9.17, 15) is 13.2 Å². The lowest BCUT2D eigenvalue weighted by Gasteiger charge is -2.20. The average molecular weight is 395 g/mol. The minimum Gasteiger partial charge on any atom is -0.354 e. The van der Waals surface area contributed by atoms with Crippen LogP contribution in [0.5, 0.6) is 0 Å². The molecule has 0 aliphatic carbocycles. The van der Waals surface area contributed by atoms with E-state index in [2.05, 4.69) is 5.32 Å². The van der Waals surface area contributed by atoms with Crippen LogP contribution in [0.1, 0.15) is 11.1 Å². The van der Waals surface area contributed by atoms with Crippen LogP contribution in [0.25, 0.3) is 0 Å². The minimum atomic E-state index is -3.35. The lowest BCUT2D eigenvalue weighted by atomic mass is 10.1. The summed E-state index contributed by atoms with van der Waals surface area (Å²) in [6.07, 6.45) is 2.02. The molecular formula is C19H23ClN2O3S. The summed E-state index contributed by atoms with van der Waals surface area (Å²) < 4.78 is 25.3. The first-order chi connectivity index (χ1) is 12.3. The van der Waals surface area contributed by atoms with Gasteiger partial charge in [0.25, 0.3) is 0 Å². The Bertz CT molecular complexity index is 826. The van der Waals surface area contributed by atoms with Gasteiger partial charge < -0.3 is 5.32 Å². The van der Waals surface area contributed by atoms with E-state index in [0.717, 1.165) is 11.1 Å². The van der Waals surface area contributed by atoms with Crippen LogP contribution in [0.3, 0.4) is 0 Å². The number of hydrogen-bond donors (Lipinski definition) is 1. The van der Waals surface area contributed by atoms with E-state index in [-0.39, 0.29) is 25.4 Å². The lowest BCUT2D eigenvalue weighted by Crippen LogP contribution is -2.39. The number of halogens is 1. The second kappa shape index (κ2) is 9.71. The van der Waals surface area contributed by atoms with E-state index in [4.69, 9.17) is 11.6 Å². The largest absolute Gasteiger partial charge is 0.354 e. The zero-order valence-corrected chi connectivity index (χ0v) is 16.3. The molecule has 1 amide bonds. The van der Waals surface area contributed by atoms with Crippen molar-refractivity contribution in [1.29, 1.82) is 0 Å². The number of nitrogens with one attached hydrogen (secondary N) is 1. The molecule has 0 saturated heterocycles. The Kier molecular flexibility index (Phi) is 7.63. The summed E-state index contributed by atoms with van der Waals surface area (Å²) in [7, 11) is -3.35. The number of amides is 1. The van der Waals surface area contributed by atoms with Crippen molar-refractivity contribution in [3.63, 3.8) is 0 Å². The first-order valence-corrected chi connectivity index (χ1v) is 10.6. The topological polar surface area (TPSA) is 66.5 Å². The second-order valence-corrected chi connectivity index (χ2v) is 8.47. The summed E-state index contributed by atoms with van der Waals surface area (Å²) in [6, 6.07) is 16.8. The summed E-state index contributed by atoms with van der Waals surface area (Å²) in [5.74, 6) is -0.125. The summed E-state index contributed by atoms with van der Waals surface area (Å²) in [5, 5.41) is 3.40. The number of rotatable bonds is 9. The number of nitrogens with zero attached hydrogens (tertiary/aromatic N) is 1. The van der Waals surface area contributed by atoms with Crippen molar-refractivity contribution in [1.82, 2.24) is 9.62 Å². The van der Waals surface area contributed by atoms with E-state index in [1.165, 1.54) is 10.6 Å². The molecule has 0 aromatic heterocycles. The Labute approximate surface area is 160 Å². The maximum atomic E-state index is 12.0. The fraction of sp³-hybridized carbons (Fsp3) is 0.316. The van der Waals surface area contributed by atoms with E-state index in [0.29, 0.717) is 18.0 Å². The predicted molar refractivity (Wildman–Crippen MR) is 105 cm³/mol. The van der Waals surface area contributed by atoms with Gasteiger partial charge in [-0.1, -0.05) is 54.1 Å². The van der Waals surface area contributed by atoms with Gasteiger partial charge in [-0.15, -0.1) is 0 Å². The van der Waals surface area contributed by atoms with Gasteiger partial charge in [0.15, 0.2) is 0 Å². The number of carbonyl (C=O) groups excluding carboxylic acids is 1. The van der Waals surface area contributed by atoms with Gasteiger partial charge in [0.2, 0.25) is 15.9 Å². The SMILES string of the molecule is CS(=O)(=O)N(CCNC(=O)Cc1ccccc1)CCc1cccc(Cl)c1. The van der Waals surface area contributed by atoms with Crippen LogP contribution in [0.2, 0.25) is 5.02 Å². The summed E-state index contributed by atoms with van der Waals surface area (Å²) in [5.41, 5.74) is 1.89. The maximum absolute atomic E-state index is 12.0. The highest BCUT2D eigenvalue weighted by Gasteiger charge is 2.16. The minimum absolute atomic E-state index is 0.125. The highest BCUT2D eigenvalue weighted by molar-refractivity contribution is 7.88. The molecule has 0 aliphatic rings. The average Bonchev–Trinajstić information content (AvgIpc) is 2.57. The fourth-order valence-electron chi connectivity index (χ4n) is 2.55. The molecule has 0 radical (unpaired) electrons. The van der Waals surface area contributed by atoms with E-state index < -0.39 is 10.0 Å². The number of carbonyl (C=O) groups is 1. The number of sulfonamides is 1. The lowest BCUT2D eigenvalue weighted by molar-refractivity contribution is -0.120. The fourth-order valence-corrected chi connectivity index (χ4v) is 3.61. The molecule has 1 N–H and O–H groups in total. The maximum Gasteiger partial charge on any atom is 0.224 e. The first kappa shape index (κ1) is 20.4. The van der Waals surface area contributed by atoms with Crippen LogP contribution >= 0.6 is 11.6 Å². The highest BCUT2D eigenvalue weighted by atomic mass is 35.5. The van der Waals surface area contributed by atoms with Gasteiger partial charge >= 0.3 is 0 Å². The van der Waals surface area contributed by atoms with Gasteiger partial charge in [0.1, 0.15) is 0 Å². The van der Waals surface area contributed by atoms with Crippen LogP contribution in [0.4, 0.5) is 0 Å². The second-order valence-electron chi connectivity index (χ2n) is 6.05. The van der Waals surface area contributed by atoms with Crippen molar-refractivity contribution < 1.29 is 13.2 Å². The standard InChI is InChI=1S/C19H23ClN2O3S/c1-26(24,25)22(12-10-17-8-5-9-18(20)14-17)13-11-21-19(23)15-16-6-3-2-4-7-16/h2-9,14H,10-13,15H2,1H3,(H,21,23). The molecule has 0 atom stereocenters. The van der Waals surface area contributed by atoms with Crippen molar-refractivity contribution >= 4 is 27.5 Å². The van der Waals surface area contributed by atoms with Gasteiger partial charge in [-0.25, -0.2) is 12.7 Å². The van der Waals surface area contributed by atoms with Crippen molar-refractivity contribution in [2.75, 3.05) is 25.9 Å². The zero-order chi connectivity index (χ0) is 19.0. The molecule has 0 bridgehead atoms. The Morgan fingerprint density at radius 3 is 2.38 bits per heavy atom. The van der Waals surface area contributed by atoms with Crippen molar-refractivity contribution in [2.24, 2.45) is 0 Å². The third-order valence-electron chi connectivity index (χ3n) is 3.90. The third kappa shape index (κ3) is 7.15. The first-order valence-electron chi connectivity index (χ1n) is 8.35. The van der Waals surface area contributed by atoms with Crippen LogP contribution in [-0.4, -0.2) is 44.5 Å². The Morgan fingerprint density at radius 1 is 1.04 bits per heavy atom. The molecular weight excluding hydrogens is 372 g/mol. The smallest absolute Gasteiger partial charge is 0.224 e. The molecule has 0 aliphatic heterocycles. The van der Waals surface area contributed by atoms with E-state index in [1.54, 1.807) is 6.07 Å². The zero-order valence-electron chi connectivity index (χ0n) is 14.7. The summed E-state index contributed by atoms with van der Waals surface area (Å²) >= 11 is 5.96. The van der Waals surface area contributed by atoms with Crippen LogP contribution in [0.15, 0.2) is 54.6 Å². The molecule has 7 heteroatoms. The normalized spacial score (nSPS) is 11.5. The van der Waals surface area contributed by atoms with Gasteiger partial charge in [0, 0.05) is 24.7 Å². The quantitative estimate of drug-likeness (QED) is 0.710. The molecule has 2 aromatic rings. The van der Waals surface area contributed by atoms with Crippen LogP contribution in [0, 0.1) is 0 Å². The summed E-state index contributed by atoms with van der Waals surface area (Å²) in [6.45, 7) is 0.849. The van der Waals surface area contributed by atoms with E-state index in [1.807, 2.05) is 48.5 Å². The third-order valence-corrected chi connectivity index (χ3v) is 5.44. The molecule has 2 rings (SSSR count). The molecule has 5 nitrogen and oxygen atoms in total. The molecule has 0 spiro atoms. The highest BCUT2D eigenvalue weighted by Crippen LogP contribution is 2.12. The van der Waals surface area contributed by atoms with Crippen molar-refractivity contribution in [3.05, 3.63) is 70.7 Å². The molecule has 26 heavy (non-hydrogen) atoms. The van der Waals surface area contributed by atoms with Gasteiger partial charge in [-0.2, -0.15) is 0 Å². The number of benzene rings is 2. The molecule has 2 aromatic carbocycles. The predicted octanol–water partition coefficient (Wildman–Crippen LogP) is 2.50. The van der Waals surface area contributed by atoms with E-state index >= 15 is 0 Å². The van der Waals surface area contributed by atoms with Crippen molar-refractivity contribution in [2.45, 2.75) is 12.8 Å². The van der Waals surface area contributed by atoms with Crippen molar-refractivity contribution in [3.8, 4) is 0 Å². The molecule has 140 valence electrons. The van der Waals surface area contributed by atoms with Crippen LogP contribution in [-0.2, 0) is 27.7 Å². The number of hydrogen-bond acceptors (Lipinski definition) is 3. The Morgan fingerprint density at radius 2 is 1.73 bits per heavy atom. The monoisotopic (exact) mass is 394 g/mol.